The highest BCUT2D eigenvalue weighted by Gasteiger charge is 2.00. The van der Waals surface area contributed by atoms with E-state index in [9.17, 15) is 0 Å². The zero-order valence-electron chi connectivity index (χ0n) is 10.2. The zero-order valence-corrected chi connectivity index (χ0v) is 10.2. The summed E-state index contributed by atoms with van der Waals surface area (Å²) in [5.41, 5.74) is 5.44. The highest BCUT2D eigenvalue weighted by atomic mass is 16.5. The predicted octanol–water partition coefficient (Wildman–Crippen LogP) is 2.64. The molecule has 94 valence electrons. The molecule has 0 saturated carbocycles. The minimum atomic E-state index is 0.366. The Balaban J connectivity index is 1.99. The van der Waals surface area contributed by atoms with Crippen molar-refractivity contribution in [2.45, 2.75) is 13.3 Å². The Morgan fingerprint density at radius 1 is 1.00 bits per heavy atom. The third-order valence-electron chi connectivity index (χ3n) is 2.18. The van der Waals surface area contributed by atoms with Crippen LogP contribution < -0.4 is 15.2 Å². The monoisotopic (exact) mass is 245 g/mol. The largest absolute Gasteiger partial charge is 0.494 e. The van der Waals surface area contributed by atoms with Gasteiger partial charge in [-0.25, -0.2) is 0 Å². The molecule has 0 fully saturated rings. The van der Waals surface area contributed by atoms with Crippen molar-refractivity contribution < 1.29 is 9.47 Å². The lowest BCUT2D eigenvalue weighted by Gasteiger charge is -2.06. The minimum absolute atomic E-state index is 0.366. The highest BCUT2D eigenvalue weighted by molar-refractivity contribution is 5.34. The molecule has 0 bridgehead atoms. The fourth-order valence-corrected chi connectivity index (χ4v) is 1.33. The fourth-order valence-electron chi connectivity index (χ4n) is 1.33. The molecule has 0 aliphatic heterocycles. The normalized spacial score (nSPS) is 10.1. The van der Waals surface area contributed by atoms with Gasteiger partial charge >= 0.3 is 0 Å². The average molecular weight is 245 g/mol. The first-order valence-corrected chi connectivity index (χ1v) is 5.78. The molecule has 2 N–H and O–H groups in total. The first-order valence-electron chi connectivity index (χ1n) is 5.78. The van der Waals surface area contributed by atoms with Crippen LogP contribution in [0, 0.1) is 0 Å². The van der Waals surface area contributed by atoms with E-state index in [1.54, 1.807) is 12.1 Å². The molecule has 2 aromatic rings. The van der Waals surface area contributed by atoms with Crippen molar-refractivity contribution in [2.75, 3.05) is 12.3 Å². The molecule has 0 aliphatic carbocycles. The quantitative estimate of drug-likeness (QED) is 0.876. The van der Waals surface area contributed by atoms with Crippen molar-refractivity contribution in [1.29, 1.82) is 0 Å². The number of nitrogen functional groups attached to an aromatic ring is 1. The molecule has 0 saturated heterocycles. The number of rotatable bonds is 5. The SMILES string of the molecule is CCCOc1ccc(Oc2ccc(N)nn2)cc1. The van der Waals surface area contributed by atoms with Gasteiger partial charge in [-0.3, -0.25) is 0 Å². The van der Waals surface area contributed by atoms with Crippen LogP contribution in [-0.4, -0.2) is 16.8 Å². The molecule has 18 heavy (non-hydrogen) atoms. The second-order valence-electron chi connectivity index (χ2n) is 3.72. The van der Waals surface area contributed by atoms with Crippen LogP contribution in [0.1, 0.15) is 13.3 Å². The molecule has 2 rings (SSSR count). The maximum absolute atomic E-state index is 5.51. The first-order chi connectivity index (χ1) is 8.78. The Kier molecular flexibility index (Phi) is 3.96. The Morgan fingerprint density at radius 2 is 1.72 bits per heavy atom. The lowest BCUT2D eigenvalue weighted by molar-refractivity contribution is 0.317. The molecule has 0 radical (unpaired) electrons. The second kappa shape index (κ2) is 5.86. The van der Waals surface area contributed by atoms with Crippen LogP contribution in [0.4, 0.5) is 5.82 Å². The van der Waals surface area contributed by atoms with Crippen molar-refractivity contribution in [1.82, 2.24) is 10.2 Å². The van der Waals surface area contributed by atoms with Gasteiger partial charge in [0.25, 0.3) is 0 Å². The summed E-state index contributed by atoms with van der Waals surface area (Å²) in [6.07, 6.45) is 0.985. The van der Waals surface area contributed by atoms with Crippen molar-refractivity contribution in [3.05, 3.63) is 36.4 Å². The highest BCUT2D eigenvalue weighted by Crippen LogP contribution is 2.22. The van der Waals surface area contributed by atoms with E-state index in [1.807, 2.05) is 24.3 Å². The Bertz CT molecular complexity index is 483. The van der Waals surface area contributed by atoms with Crippen molar-refractivity contribution in [3.63, 3.8) is 0 Å². The van der Waals surface area contributed by atoms with Crippen LogP contribution in [-0.2, 0) is 0 Å². The molecular formula is C13H15N3O2. The Morgan fingerprint density at radius 3 is 2.33 bits per heavy atom. The molecule has 1 aromatic heterocycles. The van der Waals surface area contributed by atoms with Gasteiger partial charge in [-0.05, 0) is 36.8 Å². The summed E-state index contributed by atoms with van der Waals surface area (Å²) >= 11 is 0. The molecule has 5 nitrogen and oxygen atoms in total. The molecule has 0 amide bonds. The number of anilines is 1. The van der Waals surface area contributed by atoms with Crippen molar-refractivity contribution in [3.8, 4) is 17.4 Å². The van der Waals surface area contributed by atoms with E-state index in [2.05, 4.69) is 17.1 Å². The standard InChI is InChI=1S/C13H15N3O2/c1-2-9-17-10-3-5-11(6-4-10)18-13-8-7-12(14)15-16-13/h3-8H,2,9H2,1H3,(H2,14,15). The third-order valence-corrected chi connectivity index (χ3v) is 2.18. The molecule has 5 heteroatoms. The molecule has 0 spiro atoms. The summed E-state index contributed by atoms with van der Waals surface area (Å²) in [7, 11) is 0. The second-order valence-corrected chi connectivity index (χ2v) is 3.72. The lowest BCUT2D eigenvalue weighted by atomic mass is 10.3. The van der Waals surface area contributed by atoms with Crippen LogP contribution in [0.5, 0.6) is 17.4 Å². The van der Waals surface area contributed by atoms with E-state index in [1.165, 1.54) is 0 Å². The smallest absolute Gasteiger partial charge is 0.238 e. The van der Waals surface area contributed by atoms with E-state index in [-0.39, 0.29) is 0 Å². The summed E-state index contributed by atoms with van der Waals surface area (Å²) in [5, 5.41) is 7.53. The molecule has 0 unspecified atom stereocenters. The summed E-state index contributed by atoms with van der Waals surface area (Å²) in [6, 6.07) is 10.7. The van der Waals surface area contributed by atoms with Crippen LogP contribution in [0.25, 0.3) is 0 Å². The number of benzene rings is 1. The zero-order chi connectivity index (χ0) is 12.8. The van der Waals surface area contributed by atoms with Gasteiger partial charge in [0.1, 0.15) is 17.3 Å². The summed E-state index contributed by atoms with van der Waals surface area (Å²) in [6.45, 7) is 2.78. The predicted molar refractivity (Wildman–Crippen MR) is 68.7 cm³/mol. The van der Waals surface area contributed by atoms with Crippen LogP contribution >= 0.6 is 0 Å². The maximum Gasteiger partial charge on any atom is 0.238 e. The average Bonchev–Trinajstić information content (AvgIpc) is 2.41. The van der Waals surface area contributed by atoms with Crippen LogP contribution in [0.15, 0.2) is 36.4 Å². The van der Waals surface area contributed by atoms with E-state index in [0.29, 0.717) is 24.1 Å². The summed E-state index contributed by atoms with van der Waals surface area (Å²) < 4.78 is 11.0. The van der Waals surface area contributed by atoms with Crippen molar-refractivity contribution in [2.24, 2.45) is 0 Å². The topological polar surface area (TPSA) is 70.3 Å². The van der Waals surface area contributed by atoms with Crippen LogP contribution in [0.2, 0.25) is 0 Å². The molecule has 1 aromatic carbocycles. The van der Waals surface area contributed by atoms with E-state index in [0.717, 1.165) is 12.2 Å². The Labute approximate surface area is 106 Å². The van der Waals surface area contributed by atoms with Crippen LogP contribution in [0.3, 0.4) is 0 Å². The Hall–Kier alpha value is -2.30. The van der Waals surface area contributed by atoms with Gasteiger partial charge in [-0.15, -0.1) is 10.2 Å². The van der Waals surface area contributed by atoms with Gasteiger partial charge in [0, 0.05) is 6.07 Å². The fraction of sp³-hybridized carbons (Fsp3) is 0.231. The molecular weight excluding hydrogens is 230 g/mol. The summed E-state index contributed by atoms with van der Waals surface area (Å²) in [4.78, 5) is 0. The third kappa shape index (κ3) is 3.35. The van der Waals surface area contributed by atoms with Gasteiger partial charge in [0.05, 0.1) is 6.61 Å². The van der Waals surface area contributed by atoms with Gasteiger partial charge in [0.2, 0.25) is 5.88 Å². The lowest BCUT2D eigenvalue weighted by Crippen LogP contribution is -1.96. The molecule has 0 aliphatic rings. The first kappa shape index (κ1) is 12.2. The summed E-state index contributed by atoms with van der Waals surface area (Å²) in [5.74, 6) is 2.28. The maximum atomic E-state index is 5.51. The number of ether oxygens (including phenoxy) is 2. The number of aromatic nitrogens is 2. The molecule has 0 atom stereocenters. The van der Waals surface area contributed by atoms with Gasteiger partial charge < -0.3 is 15.2 Å². The van der Waals surface area contributed by atoms with Crippen molar-refractivity contribution >= 4 is 5.82 Å². The van der Waals surface area contributed by atoms with E-state index in [4.69, 9.17) is 15.2 Å². The number of nitrogens with two attached hydrogens (primary N) is 1. The van der Waals surface area contributed by atoms with E-state index >= 15 is 0 Å². The number of nitrogens with zero attached hydrogens (tertiary/aromatic N) is 2. The minimum Gasteiger partial charge on any atom is -0.494 e. The van der Waals surface area contributed by atoms with Gasteiger partial charge in [-0.2, -0.15) is 0 Å². The van der Waals surface area contributed by atoms with Gasteiger partial charge in [-0.1, -0.05) is 6.92 Å². The van der Waals surface area contributed by atoms with E-state index < -0.39 is 0 Å². The number of hydrogen-bond acceptors (Lipinski definition) is 5. The molecule has 1 heterocycles. The van der Waals surface area contributed by atoms with Gasteiger partial charge in [0.15, 0.2) is 0 Å². The number of hydrogen-bond donors (Lipinski definition) is 1.